The molecule has 34 heavy (non-hydrogen) atoms. The van der Waals surface area contributed by atoms with Crippen LogP contribution < -0.4 is 10.9 Å². The summed E-state index contributed by atoms with van der Waals surface area (Å²) in [7, 11) is 1.79. The number of nitrogens with one attached hydrogen (secondary N) is 1. The zero-order valence-electron chi connectivity index (χ0n) is 18.4. The second kappa shape index (κ2) is 9.24. The van der Waals surface area contributed by atoms with Gasteiger partial charge in [-0.3, -0.25) is 14.3 Å². The fraction of sp³-hybridized carbons (Fsp3) is 0.125. The standard InChI is InChI=1S/C24H20N6O2S2/c1-15-21(23(32)30(29(15)2)17-9-4-3-5-10-17)26-20(31)14-33-24-28-27-22(34-24)19-13-12-16-8-6-7-11-18(16)25-19/h3-13H,14H2,1-2H3,(H,26,31). The van der Waals surface area contributed by atoms with Crippen molar-refractivity contribution < 1.29 is 4.79 Å². The van der Waals surface area contributed by atoms with Crippen LogP contribution in [0.2, 0.25) is 0 Å². The Kier molecular flexibility index (Phi) is 5.99. The number of pyridine rings is 1. The molecule has 8 nitrogen and oxygen atoms in total. The van der Waals surface area contributed by atoms with Crippen molar-refractivity contribution in [3.05, 3.63) is 82.8 Å². The van der Waals surface area contributed by atoms with Crippen LogP contribution in [-0.4, -0.2) is 36.2 Å². The van der Waals surface area contributed by atoms with Crippen molar-refractivity contribution in [1.82, 2.24) is 24.5 Å². The predicted molar refractivity (Wildman–Crippen MR) is 136 cm³/mol. The van der Waals surface area contributed by atoms with Gasteiger partial charge in [0, 0.05) is 12.4 Å². The summed E-state index contributed by atoms with van der Waals surface area (Å²) in [5, 5.41) is 12.9. The van der Waals surface area contributed by atoms with Gasteiger partial charge in [-0.2, -0.15) is 0 Å². The minimum atomic E-state index is -0.281. The molecule has 3 aromatic heterocycles. The van der Waals surface area contributed by atoms with Crippen LogP contribution in [-0.2, 0) is 11.8 Å². The van der Waals surface area contributed by atoms with Gasteiger partial charge in [-0.25, -0.2) is 9.67 Å². The van der Waals surface area contributed by atoms with Crippen molar-refractivity contribution in [2.24, 2.45) is 7.05 Å². The average Bonchev–Trinajstić information content (AvgIpc) is 3.42. The fourth-order valence-corrected chi connectivity index (χ4v) is 5.19. The highest BCUT2D eigenvalue weighted by Crippen LogP contribution is 2.29. The molecule has 0 bridgehead atoms. The lowest BCUT2D eigenvalue weighted by Gasteiger charge is -2.07. The zero-order valence-corrected chi connectivity index (χ0v) is 20.1. The summed E-state index contributed by atoms with van der Waals surface area (Å²) >= 11 is 2.66. The maximum absolute atomic E-state index is 13.0. The first-order chi connectivity index (χ1) is 16.5. The van der Waals surface area contributed by atoms with E-state index in [9.17, 15) is 9.59 Å². The van der Waals surface area contributed by atoms with E-state index in [4.69, 9.17) is 0 Å². The number of thioether (sulfide) groups is 1. The first-order valence-electron chi connectivity index (χ1n) is 10.5. The van der Waals surface area contributed by atoms with Crippen LogP contribution in [0.3, 0.4) is 0 Å². The molecule has 170 valence electrons. The number of carbonyl (C=O) groups is 1. The number of amides is 1. The lowest BCUT2D eigenvalue weighted by Crippen LogP contribution is -2.23. The van der Waals surface area contributed by atoms with E-state index in [0.717, 1.165) is 22.3 Å². The fourth-order valence-electron chi connectivity index (χ4n) is 3.57. The number of hydrogen-bond acceptors (Lipinski definition) is 7. The highest BCUT2D eigenvalue weighted by molar-refractivity contribution is 8.01. The van der Waals surface area contributed by atoms with Crippen molar-refractivity contribution >= 4 is 45.6 Å². The van der Waals surface area contributed by atoms with Crippen molar-refractivity contribution in [2.45, 2.75) is 11.3 Å². The largest absolute Gasteiger partial charge is 0.319 e. The average molecular weight is 489 g/mol. The molecule has 0 radical (unpaired) electrons. The number of aromatic nitrogens is 5. The molecule has 0 aliphatic heterocycles. The minimum Gasteiger partial charge on any atom is -0.319 e. The predicted octanol–water partition coefficient (Wildman–Crippen LogP) is 4.28. The molecule has 3 heterocycles. The van der Waals surface area contributed by atoms with Gasteiger partial charge in [0.2, 0.25) is 5.91 Å². The van der Waals surface area contributed by atoms with E-state index >= 15 is 0 Å². The number of para-hydroxylation sites is 2. The summed E-state index contributed by atoms with van der Waals surface area (Å²) in [6.07, 6.45) is 0. The number of nitrogens with zero attached hydrogens (tertiary/aromatic N) is 5. The van der Waals surface area contributed by atoms with E-state index in [1.165, 1.54) is 27.8 Å². The molecule has 0 aliphatic rings. The molecular formula is C24H20N6O2S2. The normalized spacial score (nSPS) is 11.1. The van der Waals surface area contributed by atoms with Crippen molar-refractivity contribution in [3.8, 4) is 16.4 Å². The first-order valence-corrected chi connectivity index (χ1v) is 12.3. The van der Waals surface area contributed by atoms with Gasteiger partial charge in [-0.15, -0.1) is 10.2 Å². The second-order valence-corrected chi connectivity index (χ2v) is 9.74. The van der Waals surface area contributed by atoms with Gasteiger partial charge in [-0.05, 0) is 31.2 Å². The van der Waals surface area contributed by atoms with Gasteiger partial charge < -0.3 is 5.32 Å². The molecule has 0 atom stereocenters. The summed E-state index contributed by atoms with van der Waals surface area (Å²) in [6, 6.07) is 21.1. The van der Waals surface area contributed by atoms with Crippen LogP contribution >= 0.6 is 23.1 Å². The topological polar surface area (TPSA) is 94.7 Å². The van der Waals surface area contributed by atoms with Gasteiger partial charge in [0.1, 0.15) is 11.4 Å². The Morgan fingerprint density at radius 3 is 2.62 bits per heavy atom. The molecule has 2 aromatic carbocycles. The summed E-state index contributed by atoms with van der Waals surface area (Å²) in [6.45, 7) is 1.80. The smallest absolute Gasteiger partial charge is 0.295 e. The van der Waals surface area contributed by atoms with Gasteiger partial charge >= 0.3 is 0 Å². The number of rotatable bonds is 6. The maximum atomic E-state index is 13.0. The Hall–Kier alpha value is -3.76. The molecule has 10 heteroatoms. The summed E-state index contributed by atoms with van der Waals surface area (Å²) in [5.41, 5.74) is 3.04. The summed E-state index contributed by atoms with van der Waals surface area (Å²) in [4.78, 5) is 30.2. The number of hydrogen-bond donors (Lipinski definition) is 1. The zero-order chi connectivity index (χ0) is 23.7. The van der Waals surface area contributed by atoms with Gasteiger partial charge in [0.15, 0.2) is 9.35 Å². The molecular weight excluding hydrogens is 468 g/mol. The number of benzene rings is 2. The van der Waals surface area contributed by atoms with Gasteiger partial charge in [0.25, 0.3) is 5.56 Å². The molecule has 5 rings (SSSR count). The number of carbonyl (C=O) groups excluding carboxylic acids is 1. The van der Waals surface area contributed by atoms with Gasteiger partial charge in [0.05, 0.1) is 22.7 Å². The Bertz CT molecular complexity index is 1560. The lowest BCUT2D eigenvalue weighted by molar-refractivity contribution is -0.113. The van der Waals surface area contributed by atoms with E-state index in [-0.39, 0.29) is 22.9 Å². The molecule has 0 saturated heterocycles. The van der Waals surface area contributed by atoms with Gasteiger partial charge in [-0.1, -0.05) is 65.6 Å². The molecule has 0 spiro atoms. The lowest BCUT2D eigenvalue weighted by atomic mass is 10.2. The molecule has 5 aromatic rings. The second-order valence-electron chi connectivity index (χ2n) is 7.54. The summed E-state index contributed by atoms with van der Waals surface area (Å²) in [5.74, 6) is -0.171. The third kappa shape index (κ3) is 4.25. The van der Waals surface area contributed by atoms with Crippen LogP contribution in [0.25, 0.3) is 27.3 Å². The first kappa shape index (κ1) is 22.1. The Morgan fingerprint density at radius 2 is 1.79 bits per heavy atom. The third-order valence-electron chi connectivity index (χ3n) is 5.37. The summed E-state index contributed by atoms with van der Waals surface area (Å²) < 4.78 is 3.92. The van der Waals surface area contributed by atoms with E-state index in [0.29, 0.717) is 15.0 Å². The monoisotopic (exact) mass is 488 g/mol. The van der Waals surface area contributed by atoms with Crippen LogP contribution in [0.15, 0.2) is 75.9 Å². The maximum Gasteiger partial charge on any atom is 0.295 e. The number of fused-ring (bicyclic) bond motifs is 1. The van der Waals surface area contributed by atoms with Crippen molar-refractivity contribution in [1.29, 1.82) is 0 Å². The SMILES string of the molecule is Cc1c(NC(=O)CSc2nnc(-c3ccc4ccccc4n3)s2)c(=O)n(-c2ccccc2)n1C. The van der Waals surface area contributed by atoms with E-state index in [1.54, 1.807) is 18.7 Å². The van der Waals surface area contributed by atoms with Crippen LogP contribution in [0, 0.1) is 6.92 Å². The third-order valence-corrected chi connectivity index (χ3v) is 7.45. The Morgan fingerprint density at radius 1 is 1.03 bits per heavy atom. The van der Waals surface area contributed by atoms with Crippen LogP contribution in [0.4, 0.5) is 5.69 Å². The molecule has 0 aliphatic carbocycles. The van der Waals surface area contributed by atoms with Crippen molar-refractivity contribution in [3.63, 3.8) is 0 Å². The van der Waals surface area contributed by atoms with E-state index in [2.05, 4.69) is 20.5 Å². The number of anilines is 1. The van der Waals surface area contributed by atoms with Crippen molar-refractivity contribution in [2.75, 3.05) is 11.1 Å². The molecule has 1 N–H and O–H groups in total. The minimum absolute atomic E-state index is 0.110. The highest BCUT2D eigenvalue weighted by atomic mass is 32.2. The Balaban J connectivity index is 1.28. The van der Waals surface area contributed by atoms with Crippen LogP contribution in [0.5, 0.6) is 0 Å². The molecule has 0 fully saturated rings. The molecule has 0 unspecified atom stereocenters. The van der Waals surface area contributed by atoms with Crippen LogP contribution in [0.1, 0.15) is 5.69 Å². The molecule has 0 saturated carbocycles. The highest BCUT2D eigenvalue weighted by Gasteiger charge is 2.19. The quantitative estimate of drug-likeness (QED) is 0.359. The Labute approximate surface area is 203 Å². The van der Waals surface area contributed by atoms with E-state index < -0.39 is 0 Å². The van der Waals surface area contributed by atoms with E-state index in [1.807, 2.05) is 66.7 Å². The molecule has 1 amide bonds.